The van der Waals surface area contributed by atoms with E-state index in [0.717, 1.165) is 18.8 Å². The lowest BCUT2D eigenvalue weighted by Gasteiger charge is -2.27. The standard InChI is InChI=1S/C8H11N3O2/c12-8-5-7(6-9-10-8)11-1-3-13-4-2-11/h5-6H,1-4H2,(H,10,12). The molecule has 2 rings (SSSR count). The largest absolute Gasteiger partial charge is 0.378 e. The van der Waals surface area contributed by atoms with E-state index in [-0.39, 0.29) is 5.56 Å². The first-order chi connectivity index (χ1) is 6.36. The molecule has 0 saturated carbocycles. The van der Waals surface area contributed by atoms with Crippen LogP contribution in [0, 0.1) is 0 Å². The van der Waals surface area contributed by atoms with E-state index in [4.69, 9.17) is 4.74 Å². The maximum atomic E-state index is 11.0. The molecule has 2 heterocycles. The highest BCUT2D eigenvalue weighted by Crippen LogP contribution is 2.10. The molecule has 0 radical (unpaired) electrons. The van der Waals surface area contributed by atoms with Crippen LogP contribution in [-0.2, 0) is 4.74 Å². The predicted octanol–water partition coefficient (Wildman–Crippen LogP) is -0.394. The number of morpholine rings is 1. The number of nitrogens with one attached hydrogen (secondary N) is 1. The van der Waals surface area contributed by atoms with Crippen molar-refractivity contribution in [1.29, 1.82) is 0 Å². The monoisotopic (exact) mass is 181 g/mol. The third kappa shape index (κ3) is 1.86. The van der Waals surface area contributed by atoms with Gasteiger partial charge in [-0.25, -0.2) is 5.10 Å². The number of rotatable bonds is 1. The minimum Gasteiger partial charge on any atom is -0.378 e. The first-order valence-electron chi connectivity index (χ1n) is 4.24. The van der Waals surface area contributed by atoms with Gasteiger partial charge < -0.3 is 9.64 Å². The second kappa shape index (κ2) is 3.57. The third-order valence-corrected chi connectivity index (χ3v) is 2.03. The summed E-state index contributed by atoms with van der Waals surface area (Å²) in [4.78, 5) is 13.0. The fourth-order valence-electron chi connectivity index (χ4n) is 1.36. The summed E-state index contributed by atoms with van der Waals surface area (Å²) in [6.07, 6.45) is 1.66. The molecule has 1 aliphatic heterocycles. The maximum absolute atomic E-state index is 11.0. The molecule has 5 nitrogen and oxygen atoms in total. The Morgan fingerprint density at radius 2 is 2.23 bits per heavy atom. The van der Waals surface area contributed by atoms with Gasteiger partial charge in [0.1, 0.15) is 0 Å². The summed E-state index contributed by atoms with van der Waals surface area (Å²) in [6, 6.07) is 1.55. The minimum absolute atomic E-state index is 0.163. The Kier molecular flexibility index (Phi) is 2.27. The Balaban J connectivity index is 2.19. The summed E-state index contributed by atoms with van der Waals surface area (Å²) < 4.78 is 5.20. The summed E-state index contributed by atoms with van der Waals surface area (Å²) in [5, 5.41) is 6.09. The van der Waals surface area contributed by atoms with Gasteiger partial charge in [-0.2, -0.15) is 5.10 Å². The van der Waals surface area contributed by atoms with Crippen LogP contribution in [0.1, 0.15) is 0 Å². The van der Waals surface area contributed by atoms with Crippen LogP contribution in [0.25, 0.3) is 0 Å². The van der Waals surface area contributed by atoms with E-state index in [1.54, 1.807) is 12.3 Å². The molecule has 0 amide bonds. The maximum Gasteiger partial charge on any atom is 0.266 e. The number of anilines is 1. The van der Waals surface area contributed by atoms with Crippen molar-refractivity contribution in [1.82, 2.24) is 10.2 Å². The normalized spacial score (nSPS) is 17.4. The molecule has 1 aromatic heterocycles. The molecule has 1 aliphatic rings. The fourth-order valence-corrected chi connectivity index (χ4v) is 1.36. The van der Waals surface area contributed by atoms with E-state index in [1.807, 2.05) is 0 Å². The van der Waals surface area contributed by atoms with Crippen molar-refractivity contribution in [3.8, 4) is 0 Å². The first-order valence-corrected chi connectivity index (χ1v) is 4.24. The zero-order valence-corrected chi connectivity index (χ0v) is 7.19. The number of H-pyrrole nitrogens is 1. The van der Waals surface area contributed by atoms with Gasteiger partial charge in [-0.3, -0.25) is 4.79 Å². The van der Waals surface area contributed by atoms with Crippen LogP contribution < -0.4 is 10.5 Å². The van der Waals surface area contributed by atoms with Gasteiger partial charge in [0.25, 0.3) is 5.56 Å². The molecule has 1 saturated heterocycles. The van der Waals surface area contributed by atoms with Gasteiger partial charge in [-0.05, 0) is 0 Å². The zero-order chi connectivity index (χ0) is 9.10. The lowest BCUT2D eigenvalue weighted by Crippen LogP contribution is -2.36. The van der Waals surface area contributed by atoms with Crippen molar-refractivity contribution >= 4 is 5.69 Å². The van der Waals surface area contributed by atoms with E-state index < -0.39 is 0 Å². The van der Waals surface area contributed by atoms with Crippen LogP contribution in [0.15, 0.2) is 17.1 Å². The lowest BCUT2D eigenvalue weighted by molar-refractivity contribution is 0.122. The second-order valence-corrected chi connectivity index (χ2v) is 2.90. The molecule has 0 aromatic carbocycles. The van der Waals surface area contributed by atoms with Gasteiger partial charge >= 0.3 is 0 Å². The van der Waals surface area contributed by atoms with Gasteiger partial charge in [0.2, 0.25) is 0 Å². The van der Waals surface area contributed by atoms with Crippen molar-refractivity contribution < 1.29 is 4.74 Å². The first kappa shape index (κ1) is 8.25. The molecule has 70 valence electrons. The summed E-state index contributed by atoms with van der Waals surface area (Å²) in [7, 11) is 0. The fraction of sp³-hybridized carbons (Fsp3) is 0.500. The van der Waals surface area contributed by atoms with E-state index in [1.165, 1.54) is 0 Å². The molecule has 0 aliphatic carbocycles. The predicted molar refractivity (Wildman–Crippen MR) is 47.9 cm³/mol. The molecule has 1 aromatic rings. The lowest BCUT2D eigenvalue weighted by atomic mass is 10.3. The quantitative estimate of drug-likeness (QED) is 0.640. The average Bonchev–Trinajstić information content (AvgIpc) is 2.19. The molecule has 0 unspecified atom stereocenters. The molecule has 1 fully saturated rings. The second-order valence-electron chi connectivity index (χ2n) is 2.90. The van der Waals surface area contributed by atoms with Crippen molar-refractivity contribution in [3.63, 3.8) is 0 Å². The molecule has 13 heavy (non-hydrogen) atoms. The van der Waals surface area contributed by atoms with Crippen LogP contribution in [0.2, 0.25) is 0 Å². The van der Waals surface area contributed by atoms with Crippen LogP contribution in [0.3, 0.4) is 0 Å². The molecule has 0 bridgehead atoms. The van der Waals surface area contributed by atoms with Crippen molar-refractivity contribution in [2.24, 2.45) is 0 Å². The van der Waals surface area contributed by atoms with Crippen LogP contribution in [-0.4, -0.2) is 36.5 Å². The highest BCUT2D eigenvalue weighted by atomic mass is 16.5. The highest BCUT2D eigenvalue weighted by molar-refractivity contribution is 5.42. The topological polar surface area (TPSA) is 58.2 Å². The van der Waals surface area contributed by atoms with Crippen LogP contribution in [0.4, 0.5) is 5.69 Å². The SMILES string of the molecule is O=c1cc(N2CCOCC2)cn[nH]1. The van der Waals surface area contributed by atoms with Crippen LogP contribution in [0.5, 0.6) is 0 Å². The molecule has 1 N–H and O–H groups in total. The molecule has 0 atom stereocenters. The number of hydrogen-bond acceptors (Lipinski definition) is 4. The Labute approximate surface area is 75.3 Å². The Hall–Kier alpha value is -1.36. The third-order valence-electron chi connectivity index (χ3n) is 2.03. The average molecular weight is 181 g/mol. The van der Waals surface area contributed by atoms with E-state index in [0.29, 0.717) is 13.2 Å². The molecule has 0 spiro atoms. The number of hydrogen-bond donors (Lipinski definition) is 1. The smallest absolute Gasteiger partial charge is 0.266 e. The van der Waals surface area contributed by atoms with Gasteiger partial charge in [-0.15, -0.1) is 0 Å². The number of aromatic amines is 1. The number of ether oxygens (including phenoxy) is 1. The summed E-state index contributed by atoms with van der Waals surface area (Å²) >= 11 is 0. The van der Waals surface area contributed by atoms with Crippen LogP contribution >= 0.6 is 0 Å². The molecule has 5 heteroatoms. The summed E-state index contributed by atoms with van der Waals surface area (Å²) in [5.41, 5.74) is 0.705. The zero-order valence-electron chi connectivity index (χ0n) is 7.19. The summed E-state index contributed by atoms with van der Waals surface area (Å²) in [5.74, 6) is 0. The van der Waals surface area contributed by atoms with Crippen molar-refractivity contribution in [2.45, 2.75) is 0 Å². The summed E-state index contributed by atoms with van der Waals surface area (Å²) in [6.45, 7) is 3.08. The van der Waals surface area contributed by atoms with Gasteiger partial charge in [0, 0.05) is 19.2 Å². The van der Waals surface area contributed by atoms with Gasteiger partial charge in [-0.1, -0.05) is 0 Å². The molecular weight excluding hydrogens is 170 g/mol. The van der Waals surface area contributed by atoms with E-state index in [9.17, 15) is 4.79 Å². The Morgan fingerprint density at radius 3 is 2.92 bits per heavy atom. The van der Waals surface area contributed by atoms with E-state index >= 15 is 0 Å². The number of aromatic nitrogens is 2. The van der Waals surface area contributed by atoms with E-state index in [2.05, 4.69) is 15.1 Å². The Morgan fingerprint density at radius 1 is 1.46 bits per heavy atom. The van der Waals surface area contributed by atoms with Gasteiger partial charge in [0.15, 0.2) is 0 Å². The minimum atomic E-state index is -0.163. The van der Waals surface area contributed by atoms with Crippen molar-refractivity contribution in [2.75, 3.05) is 31.2 Å². The molecular formula is C8H11N3O2. The van der Waals surface area contributed by atoms with Gasteiger partial charge in [0.05, 0.1) is 25.1 Å². The highest BCUT2D eigenvalue weighted by Gasteiger charge is 2.11. The Bertz CT molecular complexity index is 330. The number of nitrogens with zero attached hydrogens (tertiary/aromatic N) is 2. The van der Waals surface area contributed by atoms with Crippen molar-refractivity contribution in [3.05, 3.63) is 22.6 Å².